The molecule has 0 fully saturated rings. The molecule has 110 valence electrons. The standard InChI is InChI=1S/C19H17NO2/c21-18-16-12-7-13-17(16)22-19(14-8-3-1-4-9-14)20(18)15-10-5-2-6-11-15/h1-6,8-11,19H,7,12-13H2. The summed E-state index contributed by atoms with van der Waals surface area (Å²) >= 11 is 0. The molecule has 1 amide bonds. The molecule has 1 aliphatic heterocycles. The second-order valence-electron chi connectivity index (χ2n) is 5.65. The van der Waals surface area contributed by atoms with Crippen LogP contribution in [0, 0.1) is 0 Å². The molecule has 0 bridgehead atoms. The van der Waals surface area contributed by atoms with E-state index < -0.39 is 0 Å². The first-order chi connectivity index (χ1) is 10.8. The van der Waals surface area contributed by atoms with Gasteiger partial charge in [-0.3, -0.25) is 9.69 Å². The van der Waals surface area contributed by atoms with Crippen molar-refractivity contribution >= 4 is 11.6 Å². The summed E-state index contributed by atoms with van der Waals surface area (Å²) in [7, 11) is 0. The first kappa shape index (κ1) is 13.1. The highest BCUT2D eigenvalue weighted by Gasteiger charge is 2.39. The van der Waals surface area contributed by atoms with Crippen LogP contribution < -0.4 is 4.90 Å². The molecule has 0 saturated carbocycles. The molecule has 0 N–H and O–H groups in total. The van der Waals surface area contributed by atoms with Gasteiger partial charge in [0.15, 0.2) is 0 Å². The Hall–Kier alpha value is -2.55. The molecule has 0 radical (unpaired) electrons. The average Bonchev–Trinajstić information content (AvgIpc) is 3.05. The molecule has 0 saturated heterocycles. The predicted octanol–water partition coefficient (Wildman–Crippen LogP) is 4.19. The molecule has 1 atom stereocenters. The molecule has 1 aliphatic carbocycles. The maximum atomic E-state index is 13.0. The van der Waals surface area contributed by atoms with Crippen LogP contribution in [0.1, 0.15) is 31.1 Å². The van der Waals surface area contributed by atoms with Crippen molar-refractivity contribution in [3.05, 3.63) is 77.6 Å². The molecular formula is C19H17NO2. The van der Waals surface area contributed by atoms with Crippen LogP contribution in [0.4, 0.5) is 5.69 Å². The van der Waals surface area contributed by atoms with Gasteiger partial charge in [-0.2, -0.15) is 0 Å². The van der Waals surface area contributed by atoms with Crippen molar-refractivity contribution < 1.29 is 9.53 Å². The van der Waals surface area contributed by atoms with Gasteiger partial charge in [0.2, 0.25) is 6.23 Å². The highest BCUT2D eigenvalue weighted by molar-refractivity contribution is 6.07. The fourth-order valence-electron chi connectivity index (χ4n) is 3.19. The average molecular weight is 291 g/mol. The Morgan fingerprint density at radius 2 is 1.59 bits per heavy atom. The van der Waals surface area contributed by atoms with Crippen molar-refractivity contribution in [3.63, 3.8) is 0 Å². The van der Waals surface area contributed by atoms with E-state index in [4.69, 9.17) is 4.74 Å². The summed E-state index contributed by atoms with van der Waals surface area (Å²) in [6.07, 6.45) is 2.31. The van der Waals surface area contributed by atoms with Gasteiger partial charge in [-0.15, -0.1) is 0 Å². The quantitative estimate of drug-likeness (QED) is 0.830. The van der Waals surface area contributed by atoms with E-state index in [0.29, 0.717) is 0 Å². The van der Waals surface area contributed by atoms with Crippen LogP contribution in [-0.2, 0) is 9.53 Å². The zero-order chi connectivity index (χ0) is 14.9. The molecule has 0 aromatic heterocycles. The Kier molecular flexibility index (Phi) is 3.19. The number of anilines is 1. The number of rotatable bonds is 2. The largest absolute Gasteiger partial charge is 0.470 e. The number of para-hydroxylation sites is 1. The minimum Gasteiger partial charge on any atom is -0.470 e. The Labute approximate surface area is 129 Å². The fraction of sp³-hybridized carbons (Fsp3) is 0.211. The summed E-state index contributed by atoms with van der Waals surface area (Å²) in [6, 6.07) is 19.7. The van der Waals surface area contributed by atoms with Crippen LogP contribution in [0.2, 0.25) is 0 Å². The van der Waals surface area contributed by atoms with Crippen LogP contribution >= 0.6 is 0 Å². The van der Waals surface area contributed by atoms with Crippen molar-refractivity contribution in [1.29, 1.82) is 0 Å². The second-order valence-corrected chi connectivity index (χ2v) is 5.65. The summed E-state index contributed by atoms with van der Waals surface area (Å²) in [4.78, 5) is 14.8. The summed E-state index contributed by atoms with van der Waals surface area (Å²) in [5.41, 5.74) is 2.72. The summed E-state index contributed by atoms with van der Waals surface area (Å²) in [5, 5.41) is 0. The van der Waals surface area contributed by atoms with Crippen LogP contribution in [0.3, 0.4) is 0 Å². The maximum Gasteiger partial charge on any atom is 0.260 e. The summed E-state index contributed by atoms with van der Waals surface area (Å²) in [5.74, 6) is 0.963. The monoisotopic (exact) mass is 291 g/mol. The van der Waals surface area contributed by atoms with Gasteiger partial charge in [-0.05, 0) is 25.0 Å². The number of allylic oxidation sites excluding steroid dienone is 1. The van der Waals surface area contributed by atoms with E-state index >= 15 is 0 Å². The molecule has 1 unspecified atom stereocenters. The van der Waals surface area contributed by atoms with Crippen molar-refractivity contribution in [1.82, 2.24) is 0 Å². The number of hydrogen-bond donors (Lipinski definition) is 0. The highest BCUT2D eigenvalue weighted by Crippen LogP contribution is 2.41. The van der Waals surface area contributed by atoms with Gasteiger partial charge in [0, 0.05) is 17.7 Å². The SMILES string of the molecule is O=C1C2=C(CCC2)OC(c2ccccc2)N1c1ccccc1. The fourth-order valence-corrected chi connectivity index (χ4v) is 3.19. The zero-order valence-corrected chi connectivity index (χ0v) is 12.2. The number of carbonyl (C=O) groups is 1. The van der Waals surface area contributed by atoms with Gasteiger partial charge in [-0.1, -0.05) is 48.5 Å². The molecule has 22 heavy (non-hydrogen) atoms. The Bertz CT molecular complexity index is 722. The molecule has 3 heteroatoms. The molecule has 3 nitrogen and oxygen atoms in total. The van der Waals surface area contributed by atoms with Crippen molar-refractivity contribution in [2.24, 2.45) is 0 Å². The van der Waals surface area contributed by atoms with E-state index in [9.17, 15) is 4.79 Å². The zero-order valence-electron chi connectivity index (χ0n) is 12.2. The number of nitrogens with zero attached hydrogens (tertiary/aromatic N) is 1. The topological polar surface area (TPSA) is 29.5 Å². The van der Waals surface area contributed by atoms with E-state index in [1.165, 1.54) is 0 Å². The molecule has 2 aliphatic rings. The van der Waals surface area contributed by atoms with Crippen LogP contribution in [0.5, 0.6) is 0 Å². The summed E-state index contributed by atoms with van der Waals surface area (Å²) in [6.45, 7) is 0. The number of ether oxygens (including phenoxy) is 1. The molecule has 0 spiro atoms. The maximum absolute atomic E-state index is 13.0. The van der Waals surface area contributed by atoms with Gasteiger partial charge < -0.3 is 4.74 Å². The van der Waals surface area contributed by atoms with Crippen molar-refractivity contribution in [2.45, 2.75) is 25.5 Å². The Morgan fingerprint density at radius 3 is 2.32 bits per heavy atom. The summed E-state index contributed by atoms with van der Waals surface area (Å²) < 4.78 is 6.22. The van der Waals surface area contributed by atoms with Gasteiger partial charge in [0.05, 0.1) is 5.57 Å². The number of benzene rings is 2. The molecule has 2 aromatic carbocycles. The van der Waals surface area contributed by atoms with E-state index in [1.54, 1.807) is 4.90 Å². The lowest BCUT2D eigenvalue weighted by molar-refractivity contribution is -0.119. The smallest absolute Gasteiger partial charge is 0.260 e. The second kappa shape index (κ2) is 5.34. The normalized spacial score (nSPS) is 20.8. The number of hydrogen-bond acceptors (Lipinski definition) is 2. The van der Waals surface area contributed by atoms with Crippen molar-refractivity contribution in [2.75, 3.05) is 4.90 Å². The van der Waals surface area contributed by atoms with Crippen LogP contribution in [-0.4, -0.2) is 5.91 Å². The van der Waals surface area contributed by atoms with E-state index in [1.807, 2.05) is 60.7 Å². The van der Waals surface area contributed by atoms with E-state index in [-0.39, 0.29) is 12.1 Å². The number of carbonyl (C=O) groups excluding carboxylic acids is 1. The first-order valence-electron chi connectivity index (χ1n) is 7.67. The molecule has 2 aromatic rings. The Morgan fingerprint density at radius 1 is 0.909 bits per heavy atom. The lowest BCUT2D eigenvalue weighted by Crippen LogP contribution is -2.40. The lowest BCUT2D eigenvalue weighted by Gasteiger charge is -2.36. The Balaban J connectivity index is 1.82. The highest BCUT2D eigenvalue weighted by atomic mass is 16.5. The van der Waals surface area contributed by atoms with Gasteiger partial charge in [0.25, 0.3) is 5.91 Å². The minimum absolute atomic E-state index is 0.0822. The van der Waals surface area contributed by atoms with Gasteiger partial charge in [0.1, 0.15) is 5.76 Å². The number of amides is 1. The first-order valence-corrected chi connectivity index (χ1v) is 7.67. The third-order valence-corrected chi connectivity index (χ3v) is 4.25. The molecule has 1 heterocycles. The third kappa shape index (κ3) is 2.10. The molecular weight excluding hydrogens is 274 g/mol. The predicted molar refractivity (Wildman–Crippen MR) is 85.1 cm³/mol. The lowest BCUT2D eigenvalue weighted by atomic mass is 10.1. The van der Waals surface area contributed by atoms with Crippen molar-refractivity contribution in [3.8, 4) is 0 Å². The van der Waals surface area contributed by atoms with E-state index in [2.05, 4.69) is 0 Å². The van der Waals surface area contributed by atoms with Gasteiger partial charge in [-0.25, -0.2) is 0 Å². The van der Waals surface area contributed by atoms with Crippen LogP contribution in [0.25, 0.3) is 0 Å². The third-order valence-electron chi connectivity index (χ3n) is 4.25. The van der Waals surface area contributed by atoms with Gasteiger partial charge >= 0.3 is 0 Å². The van der Waals surface area contributed by atoms with Crippen LogP contribution in [0.15, 0.2) is 72.0 Å². The minimum atomic E-state index is -0.382. The molecule has 4 rings (SSSR count). The van der Waals surface area contributed by atoms with E-state index in [0.717, 1.165) is 41.8 Å².